The van der Waals surface area contributed by atoms with Gasteiger partial charge in [-0.25, -0.2) is 4.39 Å². The number of carboxylic acids is 1. The third-order valence-electron chi connectivity index (χ3n) is 3.34. The summed E-state index contributed by atoms with van der Waals surface area (Å²) in [5.41, 5.74) is 0.549. The van der Waals surface area contributed by atoms with Gasteiger partial charge in [0.25, 0.3) is 0 Å². The average molecular weight is 316 g/mol. The van der Waals surface area contributed by atoms with Crippen LogP contribution in [0, 0.1) is 11.7 Å². The molecule has 0 unspecified atom stereocenters. The van der Waals surface area contributed by atoms with E-state index in [-0.39, 0.29) is 23.9 Å². The Balaban J connectivity index is 2.03. The fourth-order valence-corrected chi connectivity index (χ4v) is 2.42. The highest BCUT2D eigenvalue weighted by atomic mass is 35.5. The molecule has 1 amide bonds. The summed E-state index contributed by atoms with van der Waals surface area (Å²) >= 11 is 5.63. The van der Waals surface area contributed by atoms with Crippen LogP contribution < -0.4 is 5.32 Å². The smallest absolute Gasteiger partial charge is 0.305 e. The van der Waals surface area contributed by atoms with Crippen LogP contribution in [0.2, 0.25) is 5.02 Å². The van der Waals surface area contributed by atoms with Crippen molar-refractivity contribution in [3.8, 4) is 0 Å². The van der Waals surface area contributed by atoms with Crippen molar-refractivity contribution in [2.45, 2.75) is 18.9 Å². The van der Waals surface area contributed by atoms with Gasteiger partial charge in [-0.05, 0) is 24.1 Å². The molecule has 1 heterocycles. The lowest BCUT2D eigenvalue weighted by Gasteiger charge is -2.18. The maximum absolute atomic E-state index is 13.5. The van der Waals surface area contributed by atoms with Crippen LogP contribution in [0.4, 0.5) is 4.39 Å². The number of carbonyl (C=O) groups excluding carboxylic acids is 1. The lowest BCUT2D eigenvalue weighted by Crippen LogP contribution is -2.33. The van der Waals surface area contributed by atoms with Crippen molar-refractivity contribution in [2.75, 3.05) is 13.2 Å². The molecule has 1 aliphatic rings. The van der Waals surface area contributed by atoms with Crippen LogP contribution >= 0.6 is 11.6 Å². The highest BCUT2D eigenvalue weighted by molar-refractivity contribution is 6.30. The van der Waals surface area contributed by atoms with E-state index in [0.717, 1.165) is 0 Å². The topological polar surface area (TPSA) is 75.6 Å². The minimum Gasteiger partial charge on any atom is -0.481 e. The summed E-state index contributed by atoms with van der Waals surface area (Å²) in [6, 6.07) is 4.31. The molecule has 0 bridgehead atoms. The van der Waals surface area contributed by atoms with Crippen molar-refractivity contribution in [2.24, 2.45) is 5.92 Å². The van der Waals surface area contributed by atoms with Gasteiger partial charge in [-0.15, -0.1) is 0 Å². The summed E-state index contributed by atoms with van der Waals surface area (Å²) in [6.45, 7) is 0.457. The number of benzene rings is 1. The van der Waals surface area contributed by atoms with Crippen molar-refractivity contribution in [1.82, 2.24) is 5.32 Å². The van der Waals surface area contributed by atoms with Crippen LogP contribution in [0.3, 0.4) is 0 Å². The highest BCUT2D eigenvalue weighted by Gasteiger charge is 2.35. The van der Waals surface area contributed by atoms with Crippen molar-refractivity contribution in [3.63, 3.8) is 0 Å². The highest BCUT2D eigenvalue weighted by Crippen LogP contribution is 2.35. The molecule has 1 fully saturated rings. The van der Waals surface area contributed by atoms with Gasteiger partial charge in [-0.3, -0.25) is 9.59 Å². The third-order valence-corrected chi connectivity index (χ3v) is 3.65. The van der Waals surface area contributed by atoms with E-state index in [1.165, 1.54) is 12.1 Å². The summed E-state index contributed by atoms with van der Waals surface area (Å²) in [7, 11) is 0. The Bertz CT molecular complexity index is 552. The lowest BCUT2D eigenvalue weighted by molar-refractivity contribution is -0.137. The largest absolute Gasteiger partial charge is 0.481 e. The molecule has 2 atom stereocenters. The molecule has 2 rings (SSSR count). The standard InChI is InChI=1S/C14H15ClFNO4/c15-10-2-1-8(7-11(10)16)13-9(4-6-21-13)14(20)17-5-3-12(18)19/h1-2,7,9,13H,3-6H2,(H,17,20)(H,18,19)/t9-,13+/m1/s1. The molecule has 1 aliphatic heterocycles. The molecular weight excluding hydrogens is 301 g/mol. The maximum Gasteiger partial charge on any atom is 0.305 e. The van der Waals surface area contributed by atoms with Crippen molar-refractivity contribution >= 4 is 23.5 Å². The molecule has 1 saturated heterocycles. The number of nitrogens with one attached hydrogen (secondary N) is 1. The Morgan fingerprint density at radius 3 is 2.90 bits per heavy atom. The molecule has 1 aromatic rings. The quantitative estimate of drug-likeness (QED) is 0.873. The van der Waals surface area contributed by atoms with Crippen molar-refractivity contribution in [3.05, 3.63) is 34.6 Å². The number of hydrogen-bond donors (Lipinski definition) is 2. The predicted molar refractivity (Wildman–Crippen MR) is 73.5 cm³/mol. The molecule has 21 heavy (non-hydrogen) atoms. The number of carbonyl (C=O) groups is 2. The second-order valence-corrected chi connectivity index (χ2v) is 5.20. The summed E-state index contributed by atoms with van der Waals surface area (Å²) in [5, 5.41) is 11.1. The zero-order chi connectivity index (χ0) is 15.4. The zero-order valence-corrected chi connectivity index (χ0v) is 11.9. The molecule has 0 saturated carbocycles. The number of halogens is 2. The summed E-state index contributed by atoms with van der Waals surface area (Å²) in [5.74, 6) is -2.28. The fraction of sp³-hybridized carbons (Fsp3) is 0.429. The summed E-state index contributed by atoms with van der Waals surface area (Å²) < 4.78 is 19.0. The van der Waals surface area contributed by atoms with Crippen LogP contribution in [0.5, 0.6) is 0 Å². The SMILES string of the molecule is O=C(O)CCNC(=O)[C@@H]1CCO[C@H]1c1ccc(Cl)c(F)c1. The second kappa shape index (κ2) is 6.87. The first-order valence-electron chi connectivity index (χ1n) is 6.55. The third kappa shape index (κ3) is 3.92. The zero-order valence-electron chi connectivity index (χ0n) is 11.1. The first kappa shape index (κ1) is 15.7. The summed E-state index contributed by atoms with van der Waals surface area (Å²) in [4.78, 5) is 22.5. The van der Waals surface area contributed by atoms with E-state index < -0.39 is 23.8 Å². The molecule has 5 nitrogen and oxygen atoms in total. The Morgan fingerprint density at radius 2 is 2.24 bits per heavy atom. The van der Waals surface area contributed by atoms with E-state index in [1.807, 2.05) is 0 Å². The van der Waals surface area contributed by atoms with Gasteiger partial charge in [-0.2, -0.15) is 0 Å². The minimum atomic E-state index is -0.978. The Hall–Kier alpha value is -1.66. The van der Waals surface area contributed by atoms with Gasteiger partial charge in [0.05, 0.1) is 23.5 Å². The van der Waals surface area contributed by atoms with Crippen LogP contribution in [-0.4, -0.2) is 30.1 Å². The molecule has 0 aliphatic carbocycles. The number of hydrogen-bond acceptors (Lipinski definition) is 3. The van der Waals surface area contributed by atoms with E-state index in [1.54, 1.807) is 6.07 Å². The van der Waals surface area contributed by atoms with E-state index >= 15 is 0 Å². The van der Waals surface area contributed by atoms with E-state index in [4.69, 9.17) is 21.4 Å². The number of aliphatic carboxylic acids is 1. The number of ether oxygens (including phenoxy) is 1. The van der Waals surface area contributed by atoms with Gasteiger partial charge < -0.3 is 15.2 Å². The number of amides is 1. The monoisotopic (exact) mass is 315 g/mol. The summed E-state index contributed by atoms with van der Waals surface area (Å²) in [6.07, 6.45) is -0.172. The van der Waals surface area contributed by atoms with Crippen molar-refractivity contribution < 1.29 is 23.8 Å². The Kier molecular flexibility index (Phi) is 5.14. The van der Waals surface area contributed by atoms with Gasteiger partial charge in [0, 0.05) is 13.2 Å². The predicted octanol–water partition coefficient (Wildman–Crippen LogP) is 2.15. The van der Waals surface area contributed by atoms with Crippen LogP contribution in [-0.2, 0) is 14.3 Å². The molecule has 0 aromatic heterocycles. The van der Waals surface area contributed by atoms with Gasteiger partial charge in [0.1, 0.15) is 5.82 Å². The number of carboxylic acid groups (broad SMARTS) is 1. The lowest BCUT2D eigenvalue weighted by atomic mass is 9.94. The molecule has 2 N–H and O–H groups in total. The van der Waals surface area contributed by atoms with E-state index in [0.29, 0.717) is 18.6 Å². The van der Waals surface area contributed by atoms with Crippen LogP contribution in [0.25, 0.3) is 0 Å². The first-order chi connectivity index (χ1) is 9.99. The van der Waals surface area contributed by atoms with Crippen LogP contribution in [0.1, 0.15) is 24.5 Å². The fourth-order valence-electron chi connectivity index (χ4n) is 2.30. The number of rotatable bonds is 5. The van der Waals surface area contributed by atoms with Gasteiger partial charge in [-0.1, -0.05) is 17.7 Å². The van der Waals surface area contributed by atoms with Crippen LogP contribution in [0.15, 0.2) is 18.2 Å². The minimum absolute atomic E-state index is 0.0132. The van der Waals surface area contributed by atoms with E-state index in [2.05, 4.69) is 5.32 Å². The van der Waals surface area contributed by atoms with E-state index in [9.17, 15) is 14.0 Å². The normalized spacial score (nSPS) is 21.2. The molecule has 0 radical (unpaired) electrons. The average Bonchev–Trinajstić information content (AvgIpc) is 2.90. The van der Waals surface area contributed by atoms with Gasteiger partial charge in [0.15, 0.2) is 0 Å². The maximum atomic E-state index is 13.5. The van der Waals surface area contributed by atoms with Gasteiger partial charge in [0.2, 0.25) is 5.91 Å². The first-order valence-corrected chi connectivity index (χ1v) is 6.93. The second-order valence-electron chi connectivity index (χ2n) is 4.79. The van der Waals surface area contributed by atoms with Crippen molar-refractivity contribution in [1.29, 1.82) is 0 Å². The molecule has 114 valence electrons. The molecule has 1 aromatic carbocycles. The van der Waals surface area contributed by atoms with Gasteiger partial charge >= 0.3 is 5.97 Å². The molecule has 0 spiro atoms. The Morgan fingerprint density at radius 1 is 1.48 bits per heavy atom. The Labute approximate surface area is 126 Å². The molecular formula is C14H15ClFNO4. The molecule has 7 heteroatoms.